The van der Waals surface area contributed by atoms with Gasteiger partial charge in [-0.25, -0.2) is 0 Å². The first kappa shape index (κ1) is 11.6. The zero-order valence-corrected chi connectivity index (χ0v) is 9.97. The molecule has 1 aromatic carbocycles. The molecule has 0 radical (unpaired) electrons. The van der Waals surface area contributed by atoms with Crippen LogP contribution in [0.1, 0.15) is 11.3 Å². The third-order valence-electron chi connectivity index (χ3n) is 2.75. The maximum Gasteiger partial charge on any atom is 0.128 e. The van der Waals surface area contributed by atoms with Crippen LogP contribution in [0.3, 0.4) is 0 Å². The highest BCUT2D eigenvalue weighted by atomic mass is 16.5. The number of hydrogen-bond donors (Lipinski definition) is 1. The standard InChI is InChI=1S/C14H15NO2/c1-10-11(9-16)7-8-13(15-10)12-5-3-4-6-14(12)17-2/h3-8,16H,9H2,1-2H3. The maximum absolute atomic E-state index is 9.12. The van der Waals surface area contributed by atoms with Gasteiger partial charge >= 0.3 is 0 Å². The number of benzene rings is 1. The van der Waals surface area contributed by atoms with Crippen LogP contribution >= 0.6 is 0 Å². The van der Waals surface area contributed by atoms with Crippen molar-refractivity contribution in [2.24, 2.45) is 0 Å². The van der Waals surface area contributed by atoms with Gasteiger partial charge in [0.2, 0.25) is 0 Å². The fraction of sp³-hybridized carbons (Fsp3) is 0.214. The van der Waals surface area contributed by atoms with Gasteiger partial charge in [-0.15, -0.1) is 0 Å². The molecule has 3 heteroatoms. The van der Waals surface area contributed by atoms with Gasteiger partial charge < -0.3 is 9.84 Å². The largest absolute Gasteiger partial charge is 0.496 e. The van der Waals surface area contributed by atoms with E-state index in [1.54, 1.807) is 7.11 Å². The van der Waals surface area contributed by atoms with Crippen molar-refractivity contribution >= 4 is 0 Å². The van der Waals surface area contributed by atoms with Crippen LogP contribution in [0.4, 0.5) is 0 Å². The zero-order chi connectivity index (χ0) is 12.3. The number of ether oxygens (including phenoxy) is 1. The first-order valence-electron chi connectivity index (χ1n) is 5.47. The molecular formula is C14H15NO2. The number of rotatable bonds is 3. The van der Waals surface area contributed by atoms with E-state index in [0.717, 1.165) is 28.3 Å². The van der Waals surface area contributed by atoms with Crippen molar-refractivity contribution in [3.8, 4) is 17.0 Å². The number of aliphatic hydroxyl groups excluding tert-OH is 1. The summed E-state index contributed by atoms with van der Waals surface area (Å²) in [6.07, 6.45) is 0. The highest BCUT2D eigenvalue weighted by Crippen LogP contribution is 2.28. The van der Waals surface area contributed by atoms with E-state index in [4.69, 9.17) is 9.84 Å². The van der Waals surface area contributed by atoms with Crippen LogP contribution in [0, 0.1) is 6.92 Å². The first-order chi connectivity index (χ1) is 8.26. The second-order valence-electron chi connectivity index (χ2n) is 3.80. The predicted octanol–water partition coefficient (Wildman–Crippen LogP) is 2.56. The summed E-state index contributed by atoms with van der Waals surface area (Å²) in [4.78, 5) is 4.48. The van der Waals surface area contributed by atoms with Gasteiger partial charge in [0.25, 0.3) is 0 Å². The number of hydrogen-bond acceptors (Lipinski definition) is 3. The molecule has 0 atom stereocenters. The van der Waals surface area contributed by atoms with E-state index in [1.807, 2.05) is 43.3 Å². The molecule has 0 saturated carbocycles. The number of pyridine rings is 1. The lowest BCUT2D eigenvalue weighted by atomic mass is 10.1. The monoisotopic (exact) mass is 229 g/mol. The molecule has 1 aromatic heterocycles. The topological polar surface area (TPSA) is 42.4 Å². The van der Waals surface area contributed by atoms with Crippen molar-refractivity contribution in [1.82, 2.24) is 4.98 Å². The Bertz CT molecular complexity index is 523. The SMILES string of the molecule is COc1ccccc1-c1ccc(CO)c(C)n1. The smallest absolute Gasteiger partial charge is 0.128 e. The lowest BCUT2D eigenvalue weighted by Gasteiger charge is -2.09. The van der Waals surface area contributed by atoms with Crippen molar-refractivity contribution in [3.63, 3.8) is 0 Å². The lowest BCUT2D eigenvalue weighted by Crippen LogP contribution is -1.95. The second kappa shape index (κ2) is 4.97. The molecule has 17 heavy (non-hydrogen) atoms. The Morgan fingerprint density at radius 1 is 1.18 bits per heavy atom. The molecule has 88 valence electrons. The molecule has 0 spiro atoms. The van der Waals surface area contributed by atoms with Crippen LogP contribution in [0.5, 0.6) is 5.75 Å². The minimum absolute atomic E-state index is 0.0189. The Labute approximate surface area is 101 Å². The Balaban J connectivity index is 2.49. The molecule has 1 heterocycles. The van der Waals surface area contributed by atoms with Crippen LogP contribution < -0.4 is 4.74 Å². The van der Waals surface area contributed by atoms with Gasteiger partial charge in [-0.1, -0.05) is 18.2 Å². The van der Waals surface area contributed by atoms with Crippen molar-refractivity contribution in [1.29, 1.82) is 0 Å². The summed E-state index contributed by atoms with van der Waals surface area (Å²) in [5, 5.41) is 9.12. The first-order valence-corrected chi connectivity index (χ1v) is 5.47. The molecule has 0 fully saturated rings. The fourth-order valence-electron chi connectivity index (χ4n) is 1.76. The van der Waals surface area contributed by atoms with Crippen molar-refractivity contribution < 1.29 is 9.84 Å². The predicted molar refractivity (Wildman–Crippen MR) is 66.9 cm³/mol. The van der Waals surface area contributed by atoms with E-state index >= 15 is 0 Å². The fourth-order valence-corrected chi connectivity index (χ4v) is 1.76. The summed E-state index contributed by atoms with van der Waals surface area (Å²) in [6.45, 7) is 1.91. The van der Waals surface area contributed by atoms with Gasteiger partial charge in [0.1, 0.15) is 5.75 Å². The normalized spacial score (nSPS) is 10.3. The van der Waals surface area contributed by atoms with E-state index in [-0.39, 0.29) is 6.61 Å². The zero-order valence-electron chi connectivity index (χ0n) is 9.97. The summed E-state index contributed by atoms with van der Waals surface area (Å²) >= 11 is 0. The number of methoxy groups -OCH3 is 1. The van der Waals surface area contributed by atoms with E-state index in [1.165, 1.54) is 0 Å². The molecule has 0 aliphatic heterocycles. The van der Waals surface area contributed by atoms with Gasteiger partial charge in [0.05, 0.1) is 19.4 Å². The molecule has 2 aromatic rings. The van der Waals surface area contributed by atoms with Crippen LogP contribution in [0.2, 0.25) is 0 Å². The summed E-state index contributed by atoms with van der Waals surface area (Å²) in [7, 11) is 1.65. The van der Waals surface area contributed by atoms with Crippen LogP contribution in [-0.2, 0) is 6.61 Å². The average molecular weight is 229 g/mol. The van der Waals surface area contributed by atoms with Crippen LogP contribution in [0.15, 0.2) is 36.4 Å². The Morgan fingerprint density at radius 3 is 2.59 bits per heavy atom. The van der Waals surface area contributed by atoms with Crippen LogP contribution in [0.25, 0.3) is 11.3 Å². The highest BCUT2D eigenvalue weighted by Gasteiger charge is 2.07. The molecule has 0 unspecified atom stereocenters. The van der Waals surface area contributed by atoms with E-state index in [0.29, 0.717) is 0 Å². The molecule has 0 bridgehead atoms. The summed E-state index contributed by atoms with van der Waals surface area (Å²) in [5.41, 5.74) is 3.51. The third-order valence-corrected chi connectivity index (χ3v) is 2.75. The quantitative estimate of drug-likeness (QED) is 0.879. The van der Waals surface area contributed by atoms with Crippen molar-refractivity contribution in [2.75, 3.05) is 7.11 Å². The molecule has 0 saturated heterocycles. The Kier molecular flexibility index (Phi) is 3.40. The Morgan fingerprint density at radius 2 is 1.94 bits per heavy atom. The molecule has 2 rings (SSSR count). The molecule has 0 amide bonds. The van der Waals surface area contributed by atoms with Gasteiger partial charge in [0.15, 0.2) is 0 Å². The summed E-state index contributed by atoms with van der Waals surface area (Å²) in [5.74, 6) is 0.802. The lowest BCUT2D eigenvalue weighted by molar-refractivity contribution is 0.280. The van der Waals surface area contributed by atoms with Gasteiger partial charge in [-0.3, -0.25) is 4.98 Å². The van der Waals surface area contributed by atoms with Gasteiger partial charge in [-0.05, 0) is 30.7 Å². The summed E-state index contributed by atoms with van der Waals surface area (Å²) in [6, 6.07) is 11.6. The number of para-hydroxylation sites is 1. The number of aromatic nitrogens is 1. The van der Waals surface area contributed by atoms with Crippen LogP contribution in [-0.4, -0.2) is 17.2 Å². The second-order valence-corrected chi connectivity index (χ2v) is 3.80. The third kappa shape index (κ3) is 2.29. The minimum Gasteiger partial charge on any atom is -0.496 e. The number of aryl methyl sites for hydroxylation is 1. The highest BCUT2D eigenvalue weighted by molar-refractivity contribution is 5.67. The molecule has 0 aliphatic carbocycles. The molecule has 0 aliphatic rings. The molecular weight excluding hydrogens is 214 g/mol. The Hall–Kier alpha value is -1.87. The minimum atomic E-state index is 0.0189. The van der Waals surface area contributed by atoms with Crippen molar-refractivity contribution in [2.45, 2.75) is 13.5 Å². The number of nitrogens with zero attached hydrogens (tertiary/aromatic N) is 1. The molecule has 1 N–H and O–H groups in total. The van der Waals surface area contributed by atoms with E-state index in [2.05, 4.69) is 4.98 Å². The van der Waals surface area contributed by atoms with E-state index < -0.39 is 0 Å². The van der Waals surface area contributed by atoms with Gasteiger partial charge in [-0.2, -0.15) is 0 Å². The molecule has 3 nitrogen and oxygen atoms in total. The summed E-state index contributed by atoms with van der Waals surface area (Å²) < 4.78 is 5.31. The number of aliphatic hydroxyl groups is 1. The van der Waals surface area contributed by atoms with Gasteiger partial charge in [0, 0.05) is 11.3 Å². The average Bonchev–Trinajstić information content (AvgIpc) is 2.38. The van der Waals surface area contributed by atoms with E-state index in [9.17, 15) is 0 Å². The van der Waals surface area contributed by atoms with Crippen molar-refractivity contribution in [3.05, 3.63) is 47.7 Å². The maximum atomic E-state index is 9.12.